The lowest BCUT2D eigenvalue weighted by Gasteiger charge is -2.31. The summed E-state index contributed by atoms with van der Waals surface area (Å²) in [6.07, 6.45) is 3.26. The van der Waals surface area contributed by atoms with Crippen LogP contribution in [0.25, 0.3) is 0 Å². The number of nitrogens with zero attached hydrogens (tertiary/aromatic N) is 4. The van der Waals surface area contributed by atoms with Crippen molar-refractivity contribution in [3.63, 3.8) is 0 Å². The second kappa shape index (κ2) is 12.7. The Kier molecular flexibility index (Phi) is 9.74. The van der Waals surface area contributed by atoms with E-state index in [4.69, 9.17) is 9.72 Å². The fourth-order valence-electron chi connectivity index (χ4n) is 4.00. The van der Waals surface area contributed by atoms with Gasteiger partial charge in [0.15, 0.2) is 5.16 Å². The first kappa shape index (κ1) is 26.0. The lowest BCUT2D eigenvalue weighted by atomic mass is 9.96. The Balaban J connectivity index is 1.57. The molecule has 184 valence electrons. The number of likely N-dealkylation sites (tertiary alicyclic amines) is 1. The highest BCUT2D eigenvalue weighted by molar-refractivity contribution is 7.98. The zero-order chi connectivity index (χ0) is 24.5. The first-order valence-electron chi connectivity index (χ1n) is 12.2. The Bertz CT molecular complexity index is 959. The number of thioether (sulfide) groups is 1. The molecule has 7 nitrogen and oxygen atoms in total. The van der Waals surface area contributed by atoms with Crippen LogP contribution in [0.4, 0.5) is 5.82 Å². The second-order valence-electron chi connectivity index (χ2n) is 8.58. The number of rotatable bonds is 10. The average Bonchev–Trinajstić information content (AvgIpc) is 2.87. The minimum absolute atomic E-state index is 0.0177. The van der Waals surface area contributed by atoms with E-state index in [0.29, 0.717) is 38.1 Å². The molecule has 8 heteroatoms. The molecular formula is C26H36N4O3S. The number of carbonyl (C=O) groups excluding carboxylic acids is 2. The van der Waals surface area contributed by atoms with Crippen LogP contribution in [-0.4, -0.2) is 60.0 Å². The van der Waals surface area contributed by atoms with E-state index in [1.807, 2.05) is 36.1 Å². The van der Waals surface area contributed by atoms with E-state index in [-0.39, 0.29) is 17.8 Å². The molecule has 1 aliphatic heterocycles. The molecule has 1 aromatic heterocycles. The van der Waals surface area contributed by atoms with Crippen LogP contribution >= 0.6 is 11.8 Å². The lowest BCUT2D eigenvalue weighted by Crippen LogP contribution is -2.40. The molecule has 2 heterocycles. The summed E-state index contributed by atoms with van der Waals surface area (Å²) in [7, 11) is 2.06. The van der Waals surface area contributed by atoms with E-state index in [1.165, 1.54) is 0 Å². The molecule has 0 spiro atoms. The van der Waals surface area contributed by atoms with Crippen LogP contribution in [0.15, 0.2) is 35.5 Å². The predicted molar refractivity (Wildman–Crippen MR) is 136 cm³/mol. The van der Waals surface area contributed by atoms with Crippen LogP contribution < -0.4 is 4.90 Å². The van der Waals surface area contributed by atoms with E-state index in [1.54, 1.807) is 11.8 Å². The molecule has 1 aromatic carbocycles. The Hall–Kier alpha value is -2.61. The largest absolute Gasteiger partial charge is 0.466 e. The molecule has 2 aromatic rings. The summed E-state index contributed by atoms with van der Waals surface area (Å²) in [6.45, 7) is 8.61. The van der Waals surface area contributed by atoms with Gasteiger partial charge in [0.05, 0.1) is 12.5 Å². The number of ether oxygens (including phenoxy) is 1. The summed E-state index contributed by atoms with van der Waals surface area (Å²) in [5.41, 5.74) is 2.84. The molecule has 0 saturated carbocycles. The number of aromatic nitrogens is 2. The third kappa shape index (κ3) is 6.95. The van der Waals surface area contributed by atoms with Crippen LogP contribution in [0, 0.1) is 5.92 Å². The number of carbonyl (C=O) groups is 2. The standard InChI is InChI=1S/C26H36N4O3S/c1-5-14-29(4)23-17-22(6-2)27-26(28-23)34-18-19-8-10-20(11-9-19)24(31)30-15-12-21(13-16-30)25(32)33-7-3/h8-11,17,21H,5-7,12-16,18H2,1-4H3. The molecular weight excluding hydrogens is 448 g/mol. The maximum Gasteiger partial charge on any atom is 0.309 e. The quantitative estimate of drug-likeness (QED) is 0.277. The minimum Gasteiger partial charge on any atom is -0.466 e. The number of benzene rings is 1. The molecule has 0 radical (unpaired) electrons. The number of hydrogen-bond donors (Lipinski definition) is 0. The third-order valence-corrected chi connectivity index (χ3v) is 6.95. The molecule has 1 aliphatic rings. The molecule has 1 amide bonds. The lowest BCUT2D eigenvalue weighted by molar-refractivity contribution is -0.149. The number of anilines is 1. The first-order valence-corrected chi connectivity index (χ1v) is 13.2. The van der Waals surface area contributed by atoms with Crippen LogP contribution in [0.2, 0.25) is 0 Å². The normalized spacial score (nSPS) is 14.2. The predicted octanol–water partition coefficient (Wildman–Crippen LogP) is 4.59. The van der Waals surface area contributed by atoms with Crippen LogP contribution in [0.5, 0.6) is 0 Å². The molecule has 0 atom stereocenters. The SMILES string of the molecule is CCCN(C)c1cc(CC)nc(SCc2ccc(C(=O)N3CCC(C(=O)OCC)CC3)cc2)n1. The summed E-state index contributed by atoms with van der Waals surface area (Å²) in [4.78, 5) is 38.2. The topological polar surface area (TPSA) is 75.6 Å². The van der Waals surface area contributed by atoms with Gasteiger partial charge in [-0.1, -0.05) is 37.7 Å². The van der Waals surface area contributed by atoms with E-state index in [9.17, 15) is 9.59 Å². The number of hydrogen-bond acceptors (Lipinski definition) is 7. The van der Waals surface area contributed by atoms with Crippen LogP contribution in [0.1, 0.15) is 61.6 Å². The molecule has 0 N–H and O–H groups in total. The van der Waals surface area contributed by atoms with E-state index in [2.05, 4.69) is 36.8 Å². The van der Waals surface area contributed by atoms with Crippen molar-refractivity contribution in [2.24, 2.45) is 5.92 Å². The van der Waals surface area contributed by atoms with Gasteiger partial charge in [0, 0.05) is 49.8 Å². The average molecular weight is 485 g/mol. The summed E-state index contributed by atoms with van der Waals surface area (Å²) in [5.74, 6) is 1.48. The fraction of sp³-hybridized carbons (Fsp3) is 0.538. The fourth-order valence-corrected chi connectivity index (χ4v) is 4.83. The highest BCUT2D eigenvalue weighted by Crippen LogP contribution is 2.24. The van der Waals surface area contributed by atoms with Gasteiger partial charge in [-0.25, -0.2) is 9.97 Å². The summed E-state index contributed by atoms with van der Waals surface area (Å²) in [6, 6.07) is 9.84. The van der Waals surface area contributed by atoms with Gasteiger partial charge in [0.2, 0.25) is 0 Å². The minimum atomic E-state index is -0.144. The molecule has 34 heavy (non-hydrogen) atoms. The highest BCUT2D eigenvalue weighted by atomic mass is 32.2. The van der Waals surface area contributed by atoms with Crippen molar-refractivity contribution >= 4 is 29.5 Å². The van der Waals surface area contributed by atoms with Crippen LogP contribution in [0.3, 0.4) is 0 Å². The van der Waals surface area contributed by atoms with Gasteiger partial charge in [-0.15, -0.1) is 0 Å². The van der Waals surface area contributed by atoms with Gasteiger partial charge >= 0.3 is 5.97 Å². The molecule has 0 aliphatic carbocycles. The van der Waals surface area contributed by atoms with E-state index >= 15 is 0 Å². The van der Waals surface area contributed by atoms with Crippen molar-refractivity contribution in [2.75, 3.05) is 38.2 Å². The molecule has 0 unspecified atom stereocenters. The Labute approximate surface area is 207 Å². The number of aryl methyl sites for hydroxylation is 1. The van der Waals surface area contributed by atoms with Crippen molar-refractivity contribution in [1.29, 1.82) is 0 Å². The van der Waals surface area contributed by atoms with Gasteiger partial charge in [0.25, 0.3) is 5.91 Å². The van der Waals surface area contributed by atoms with E-state index in [0.717, 1.165) is 47.4 Å². The van der Waals surface area contributed by atoms with Gasteiger partial charge in [-0.3, -0.25) is 9.59 Å². The third-order valence-electron chi connectivity index (χ3n) is 6.03. The zero-order valence-electron chi connectivity index (χ0n) is 20.7. The van der Waals surface area contributed by atoms with Crippen molar-refractivity contribution in [3.8, 4) is 0 Å². The Morgan fingerprint density at radius 3 is 2.44 bits per heavy atom. The molecule has 1 saturated heterocycles. The zero-order valence-corrected chi connectivity index (χ0v) is 21.6. The number of piperidine rings is 1. The first-order chi connectivity index (χ1) is 16.4. The van der Waals surface area contributed by atoms with Gasteiger partial charge in [-0.05, 0) is 50.3 Å². The summed E-state index contributed by atoms with van der Waals surface area (Å²) < 4.78 is 5.12. The maximum absolute atomic E-state index is 12.9. The number of esters is 1. The number of amides is 1. The Morgan fingerprint density at radius 1 is 1.12 bits per heavy atom. The Morgan fingerprint density at radius 2 is 1.82 bits per heavy atom. The van der Waals surface area contributed by atoms with Gasteiger partial charge in [0.1, 0.15) is 5.82 Å². The van der Waals surface area contributed by atoms with Crippen molar-refractivity contribution in [3.05, 3.63) is 47.2 Å². The molecule has 1 fully saturated rings. The highest BCUT2D eigenvalue weighted by Gasteiger charge is 2.28. The molecule has 3 rings (SSSR count). The maximum atomic E-state index is 12.9. The second-order valence-corrected chi connectivity index (χ2v) is 9.52. The summed E-state index contributed by atoms with van der Waals surface area (Å²) in [5, 5.41) is 0.780. The summed E-state index contributed by atoms with van der Waals surface area (Å²) >= 11 is 1.61. The van der Waals surface area contributed by atoms with Crippen LogP contribution in [-0.2, 0) is 21.7 Å². The molecule has 0 bridgehead atoms. The van der Waals surface area contributed by atoms with Crippen molar-refractivity contribution in [2.45, 2.75) is 57.4 Å². The smallest absolute Gasteiger partial charge is 0.309 e. The monoisotopic (exact) mass is 484 g/mol. The van der Waals surface area contributed by atoms with Gasteiger partial charge in [-0.2, -0.15) is 0 Å². The van der Waals surface area contributed by atoms with Crippen molar-refractivity contribution in [1.82, 2.24) is 14.9 Å². The van der Waals surface area contributed by atoms with Gasteiger partial charge < -0.3 is 14.5 Å². The van der Waals surface area contributed by atoms with Crippen molar-refractivity contribution < 1.29 is 14.3 Å². The van der Waals surface area contributed by atoms with E-state index < -0.39 is 0 Å².